The number of ether oxygens (including phenoxy) is 2. The normalized spacial score (nSPS) is 19.1. The van der Waals surface area contributed by atoms with E-state index in [-0.39, 0.29) is 6.61 Å². The maximum absolute atomic E-state index is 11.6. The summed E-state index contributed by atoms with van der Waals surface area (Å²) in [6.45, 7) is 3.53. The molecule has 1 saturated heterocycles. The highest BCUT2D eigenvalue weighted by Gasteiger charge is 2.32. The van der Waals surface area contributed by atoms with Crippen molar-refractivity contribution in [3.05, 3.63) is 10.1 Å². The Morgan fingerprint density at radius 3 is 2.69 bits per heavy atom. The fraction of sp³-hybridized carbons (Fsp3) is 0.889. The first-order chi connectivity index (χ1) is 7.65. The molecular formula is C9H16N2O5. The van der Waals surface area contributed by atoms with Crippen LogP contribution in [0.4, 0.5) is 0 Å². The molecule has 0 aromatic heterocycles. The topological polar surface area (TPSA) is 81.9 Å². The molecule has 0 saturated carbocycles. The van der Waals surface area contributed by atoms with Crippen LogP contribution in [0.25, 0.3) is 0 Å². The van der Waals surface area contributed by atoms with E-state index in [4.69, 9.17) is 9.47 Å². The highest BCUT2D eigenvalue weighted by molar-refractivity contribution is 5.75. The largest absolute Gasteiger partial charge is 0.465 e. The van der Waals surface area contributed by atoms with Gasteiger partial charge in [-0.15, -0.1) is 0 Å². The summed E-state index contributed by atoms with van der Waals surface area (Å²) in [5, 5.41) is 10.5. The number of hydrogen-bond donors (Lipinski definition) is 0. The molecule has 0 aromatic rings. The van der Waals surface area contributed by atoms with E-state index in [1.807, 2.05) is 0 Å². The van der Waals surface area contributed by atoms with E-state index in [1.54, 1.807) is 11.8 Å². The quantitative estimate of drug-likeness (QED) is 0.362. The lowest BCUT2D eigenvalue weighted by molar-refractivity contribution is -0.485. The number of esters is 1. The molecule has 92 valence electrons. The number of carbonyl (C=O) groups is 1. The maximum atomic E-state index is 11.6. The van der Waals surface area contributed by atoms with E-state index < -0.39 is 23.5 Å². The molecule has 1 atom stereocenters. The van der Waals surface area contributed by atoms with Crippen LogP contribution in [0.1, 0.15) is 6.92 Å². The van der Waals surface area contributed by atoms with Crippen LogP contribution in [0, 0.1) is 10.1 Å². The van der Waals surface area contributed by atoms with E-state index in [0.29, 0.717) is 26.3 Å². The van der Waals surface area contributed by atoms with E-state index in [0.717, 1.165) is 0 Å². The molecule has 1 fully saturated rings. The van der Waals surface area contributed by atoms with Gasteiger partial charge in [-0.05, 0) is 6.92 Å². The van der Waals surface area contributed by atoms with Crippen LogP contribution in [0.2, 0.25) is 0 Å². The van der Waals surface area contributed by atoms with Crippen molar-refractivity contribution < 1.29 is 19.2 Å². The molecule has 1 aliphatic rings. The molecule has 0 spiro atoms. The van der Waals surface area contributed by atoms with Crippen LogP contribution in [0.3, 0.4) is 0 Å². The van der Waals surface area contributed by atoms with Gasteiger partial charge in [0.25, 0.3) is 0 Å². The zero-order valence-electron chi connectivity index (χ0n) is 9.26. The lowest BCUT2D eigenvalue weighted by Gasteiger charge is -2.30. The predicted octanol–water partition coefficient (Wildman–Crippen LogP) is -0.473. The molecule has 1 heterocycles. The SMILES string of the molecule is CCOC(=O)C(C[N+](=O)[O-])N1CCOCC1. The van der Waals surface area contributed by atoms with Gasteiger partial charge in [0.1, 0.15) is 0 Å². The summed E-state index contributed by atoms with van der Waals surface area (Å²) in [5.74, 6) is -0.527. The van der Waals surface area contributed by atoms with Crippen molar-refractivity contribution in [2.24, 2.45) is 0 Å². The van der Waals surface area contributed by atoms with Crippen molar-refractivity contribution in [3.63, 3.8) is 0 Å². The van der Waals surface area contributed by atoms with Crippen LogP contribution in [-0.2, 0) is 14.3 Å². The molecule has 0 aromatic carbocycles. The third kappa shape index (κ3) is 3.74. The van der Waals surface area contributed by atoms with Crippen molar-refractivity contribution >= 4 is 5.97 Å². The van der Waals surface area contributed by atoms with Crippen molar-refractivity contribution in [3.8, 4) is 0 Å². The zero-order valence-corrected chi connectivity index (χ0v) is 9.26. The van der Waals surface area contributed by atoms with Gasteiger partial charge in [0, 0.05) is 18.0 Å². The van der Waals surface area contributed by atoms with Crippen LogP contribution >= 0.6 is 0 Å². The second kappa shape index (κ2) is 6.39. The summed E-state index contributed by atoms with van der Waals surface area (Å²) in [4.78, 5) is 23.3. The predicted molar refractivity (Wildman–Crippen MR) is 54.7 cm³/mol. The third-order valence-corrected chi connectivity index (χ3v) is 2.37. The van der Waals surface area contributed by atoms with Gasteiger partial charge in [-0.1, -0.05) is 0 Å². The molecule has 7 nitrogen and oxygen atoms in total. The summed E-state index contributed by atoms with van der Waals surface area (Å²) in [7, 11) is 0. The molecule has 7 heteroatoms. The summed E-state index contributed by atoms with van der Waals surface area (Å²) in [6.07, 6.45) is 0. The smallest absolute Gasteiger partial charge is 0.330 e. The number of nitro groups is 1. The Balaban J connectivity index is 2.60. The number of morpholine rings is 1. The van der Waals surface area contributed by atoms with E-state index in [9.17, 15) is 14.9 Å². The summed E-state index contributed by atoms with van der Waals surface area (Å²) in [6, 6.07) is -0.793. The third-order valence-electron chi connectivity index (χ3n) is 2.37. The fourth-order valence-electron chi connectivity index (χ4n) is 1.61. The van der Waals surface area contributed by atoms with Crippen LogP contribution in [0.15, 0.2) is 0 Å². The van der Waals surface area contributed by atoms with Gasteiger partial charge in [-0.2, -0.15) is 0 Å². The number of carbonyl (C=O) groups excluding carboxylic acids is 1. The molecule has 0 aliphatic carbocycles. The van der Waals surface area contributed by atoms with E-state index in [2.05, 4.69) is 0 Å². The molecule has 1 unspecified atom stereocenters. The summed E-state index contributed by atoms with van der Waals surface area (Å²) >= 11 is 0. The molecule has 1 rings (SSSR count). The minimum atomic E-state index is -0.793. The Hall–Kier alpha value is -1.21. The first kappa shape index (κ1) is 12.9. The van der Waals surface area contributed by atoms with E-state index >= 15 is 0 Å². The minimum absolute atomic E-state index is 0.234. The van der Waals surface area contributed by atoms with Gasteiger partial charge >= 0.3 is 5.97 Å². The van der Waals surface area contributed by atoms with Crippen molar-refractivity contribution in [1.29, 1.82) is 0 Å². The van der Waals surface area contributed by atoms with Gasteiger partial charge in [0.2, 0.25) is 6.54 Å². The highest BCUT2D eigenvalue weighted by Crippen LogP contribution is 2.06. The molecule has 0 bridgehead atoms. The fourth-order valence-corrected chi connectivity index (χ4v) is 1.61. The Morgan fingerprint density at radius 2 is 2.19 bits per heavy atom. The molecule has 16 heavy (non-hydrogen) atoms. The van der Waals surface area contributed by atoms with Gasteiger partial charge in [0.15, 0.2) is 6.04 Å². The minimum Gasteiger partial charge on any atom is -0.465 e. The second-order valence-corrected chi connectivity index (χ2v) is 3.43. The number of nitrogens with zero attached hydrogens (tertiary/aromatic N) is 2. The van der Waals surface area contributed by atoms with Gasteiger partial charge < -0.3 is 9.47 Å². The molecule has 0 radical (unpaired) electrons. The summed E-state index contributed by atoms with van der Waals surface area (Å²) < 4.78 is 9.96. The Bertz CT molecular complexity index is 252. The average Bonchev–Trinajstić information content (AvgIpc) is 2.27. The Morgan fingerprint density at radius 1 is 1.56 bits per heavy atom. The molecule has 1 aliphatic heterocycles. The van der Waals surface area contributed by atoms with Crippen molar-refractivity contribution in [1.82, 2.24) is 4.90 Å². The zero-order chi connectivity index (χ0) is 12.0. The Kier molecular flexibility index (Phi) is 5.13. The maximum Gasteiger partial charge on any atom is 0.330 e. The van der Waals surface area contributed by atoms with Crippen LogP contribution in [0.5, 0.6) is 0 Å². The van der Waals surface area contributed by atoms with Gasteiger partial charge in [-0.25, -0.2) is 0 Å². The lowest BCUT2D eigenvalue weighted by Crippen LogP contribution is -2.51. The average molecular weight is 232 g/mol. The number of hydrogen-bond acceptors (Lipinski definition) is 6. The van der Waals surface area contributed by atoms with Crippen molar-refractivity contribution in [2.45, 2.75) is 13.0 Å². The standard InChI is InChI=1S/C9H16N2O5/c1-2-16-9(12)8(7-11(13)14)10-3-5-15-6-4-10/h8H,2-7H2,1H3. The van der Waals surface area contributed by atoms with Crippen LogP contribution < -0.4 is 0 Å². The van der Waals surface area contributed by atoms with Crippen molar-refractivity contribution in [2.75, 3.05) is 39.5 Å². The molecule has 0 N–H and O–H groups in total. The first-order valence-electron chi connectivity index (χ1n) is 5.25. The number of rotatable bonds is 5. The Labute approximate surface area is 93.5 Å². The first-order valence-corrected chi connectivity index (χ1v) is 5.25. The lowest BCUT2D eigenvalue weighted by atomic mass is 10.2. The monoisotopic (exact) mass is 232 g/mol. The molecule has 0 amide bonds. The summed E-state index contributed by atoms with van der Waals surface area (Å²) in [5.41, 5.74) is 0. The van der Waals surface area contributed by atoms with Gasteiger partial charge in [0.05, 0.1) is 19.8 Å². The van der Waals surface area contributed by atoms with Crippen LogP contribution in [-0.4, -0.2) is 61.3 Å². The van der Waals surface area contributed by atoms with E-state index in [1.165, 1.54) is 0 Å². The molecular weight excluding hydrogens is 216 g/mol. The second-order valence-electron chi connectivity index (χ2n) is 3.43. The highest BCUT2D eigenvalue weighted by atomic mass is 16.6. The van der Waals surface area contributed by atoms with Gasteiger partial charge in [-0.3, -0.25) is 19.8 Å².